The normalized spacial score (nSPS) is 15.8. The van der Waals surface area contributed by atoms with E-state index in [1.54, 1.807) is 32.9 Å². The average Bonchev–Trinajstić information content (AvgIpc) is 3.44. The quantitative estimate of drug-likeness (QED) is 0.436. The predicted octanol–water partition coefficient (Wildman–Crippen LogP) is 1.88. The number of carbonyl (C=O) groups is 1. The Morgan fingerprint density at radius 3 is 2.38 bits per heavy atom. The molecule has 0 radical (unpaired) electrons. The molecular weight excluding hydrogens is 394 g/mol. The minimum absolute atomic E-state index is 0.00228. The summed E-state index contributed by atoms with van der Waals surface area (Å²) in [5, 5.41) is 20.5. The van der Waals surface area contributed by atoms with Crippen LogP contribution in [0.25, 0.3) is 0 Å². The van der Waals surface area contributed by atoms with E-state index in [9.17, 15) is 18.5 Å². The molecule has 9 heteroatoms. The summed E-state index contributed by atoms with van der Waals surface area (Å²) < 4.78 is 34.4. The summed E-state index contributed by atoms with van der Waals surface area (Å²) in [4.78, 5) is 12.6. The van der Waals surface area contributed by atoms with E-state index in [1.807, 2.05) is 0 Å². The number of esters is 1. The number of nitrogens with one attached hydrogen (secondary N) is 2. The third-order valence-corrected chi connectivity index (χ3v) is 5.30. The van der Waals surface area contributed by atoms with Crippen LogP contribution in [0.4, 0.5) is 0 Å². The molecule has 0 heterocycles. The lowest BCUT2D eigenvalue weighted by molar-refractivity contribution is -0.147. The Hall–Kier alpha value is -2.44. The molecule has 8 nitrogen and oxygen atoms in total. The Morgan fingerprint density at radius 1 is 1.34 bits per heavy atom. The minimum Gasteiger partial charge on any atom is -0.482 e. The third kappa shape index (κ3) is 6.27. The highest BCUT2D eigenvalue weighted by molar-refractivity contribution is 7.90. The summed E-state index contributed by atoms with van der Waals surface area (Å²) >= 11 is 0. The molecule has 29 heavy (non-hydrogen) atoms. The molecule has 2 rings (SSSR count). The SMILES string of the molecule is CCOC(=O)C(NCS(C)(=O)=O)C(Oc1cc(C)c(C#N)c(C)c1)C(=N)C1CC1. The zero-order valence-electron chi connectivity index (χ0n) is 17.1. The Morgan fingerprint density at radius 2 is 1.93 bits per heavy atom. The number of aryl methyl sites for hydroxylation is 2. The zero-order chi connectivity index (χ0) is 21.8. The molecule has 1 aromatic rings. The number of rotatable bonds is 10. The van der Waals surface area contributed by atoms with Gasteiger partial charge in [-0.15, -0.1) is 0 Å². The first kappa shape index (κ1) is 22.8. The van der Waals surface area contributed by atoms with Crippen molar-refractivity contribution in [2.24, 2.45) is 5.92 Å². The van der Waals surface area contributed by atoms with Crippen molar-refractivity contribution in [1.29, 1.82) is 10.7 Å². The van der Waals surface area contributed by atoms with Gasteiger partial charge < -0.3 is 14.9 Å². The fraction of sp³-hybridized carbons (Fsp3) is 0.550. The third-order valence-electron chi connectivity index (χ3n) is 4.61. The van der Waals surface area contributed by atoms with Crippen molar-refractivity contribution in [3.63, 3.8) is 0 Å². The predicted molar refractivity (Wildman–Crippen MR) is 109 cm³/mol. The van der Waals surface area contributed by atoms with Gasteiger partial charge in [0, 0.05) is 12.2 Å². The number of ether oxygens (including phenoxy) is 2. The van der Waals surface area contributed by atoms with Gasteiger partial charge in [0.15, 0.2) is 15.9 Å². The minimum atomic E-state index is -3.41. The van der Waals surface area contributed by atoms with Crippen LogP contribution in [-0.4, -0.2) is 51.0 Å². The van der Waals surface area contributed by atoms with E-state index in [1.165, 1.54) is 0 Å². The number of nitriles is 1. The fourth-order valence-corrected chi connectivity index (χ4v) is 3.52. The van der Waals surface area contributed by atoms with E-state index in [4.69, 9.17) is 14.9 Å². The molecule has 1 aromatic carbocycles. The molecular formula is C20H27N3O5S. The molecule has 1 saturated carbocycles. The zero-order valence-corrected chi connectivity index (χ0v) is 17.9. The molecule has 0 saturated heterocycles. The van der Waals surface area contributed by atoms with Gasteiger partial charge in [-0.1, -0.05) is 0 Å². The second kappa shape index (κ2) is 9.37. The van der Waals surface area contributed by atoms with Gasteiger partial charge in [0.25, 0.3) is 0 Å². The largest absolute Gasteiger partial charge is 0.482 e. The molecule has 0 aliphatic heterocycles. The lowest BCUT2D eigenvalue weighted by Gasteiger charge is -2.28. The van der Waals surface area contributed by atoms with E-state index in [0.717, 1.165) is 30.2 Å². The molecule has 0 bridgehead atoms. The molecule has 2 unspecified atom stereocenters. The average molecular weight is 422 g/mol. The van der Waals surface area contributed by atoms with Crippen molar-refractivity contribution >= 4 is 21.5 Å². The molecule has 2 atom stereocenters. The Bertz CT molecular complexity index is 909. The lowest BCUT2D eigenvalue weighted by Crippen LogP contribution is -2.54. The van der Waals surface area contributed by atoms with E-state index >= 15 is 0 Å². The molecule has 0 spiro atoms. The molecule has 1 fully saturated rings. The van der Waals surface area contributed by atoms with Crippen LogP contribution in [-0.2, 0) is 19.4 Å². The fourth-order valence-electron chi connectivity index (χ4n) is 3.04. The molecule has 1 aliphatic rings. The summed E-state index contributed by atoms with van der Waals surface area (Å²) in [6, 6.07) is 4.35. The Kier molecular flexibility index (Phi) is 7.38. The van der Waals surface area contributed by atoms with E-state index in [2.05, 4.69) is 11.4 Å². The molecule has 0 amide bonds. The van der Waals surface area contributed by atoms with Gasteiger partial charge in [0.05, 0.1) is 29.8 Å². The van der Waals surface area contributed by atoms with Crippen LogP contribution in [0.2, 0.25) is 0 Å². The first-order chi connectivity index (χ1) is 13.6. The van der Waals surface area contributed by atoms with Crippen molar-refractivity contribution in [1.82, 2.24) is 5.32 Å². The number of nitrogens with zero attached hydrogens (tertiary/aromatic N) is 1. The van der Waals surface area contributed by atoms with Crippen molar-refractivity contribution in [3.8, 4) is 11.8 Å². The maximum atomic E-state index is 12.6. The number of sulfone groups is 1. The summed E-state index contributed by atoms with van der Waals surface area (Å²) in [5.41, 5.74) is 2.21. The summed E-state index contributed by atoms with van der Waals surface area (Å²) in [6.45, 7) is 5.34. The molecule has 0 aromatic heterocycles. The Balaban J connectivity index is 2.39. The summed E-state index contributed by atoms with van der Waals surface area (Å²) in [7, 11) is -3.41. The highest BCUT2D eigenvalue weighted by Gasteiger charge is 2.41. The van der Waals surface area contributed by atoms with E-state index in [0.29, 0.717) is 11.3 Å². The standard InChI is InChI=1S/C20H27N3O5S/c1-5-27-20(24)18(23-11-29(4,25)26)19(17(22)14-6-7-14)28-15-8-12(2)16(10-21)13(3)9-15/h8-9,14,18-19,22-23H,5-7,11H2,1-4H3. The van der Waals surface area contributed by atoms with Crippen LogP contribution in [0.1, 0.15) is 36.5 Å². The summed E-state index contributed by atoms with van der Waals surface area (Å²) in [6.07, 6.45) is 1.68. The van der Waals surface area contributed by atoms with Gasteiger partial charge in [-0.3, -0.25) is 10.1 Å². The lowest BCUT2D eigenvalue weighted by atomic mass is 10.0. The van der Waals surface area contributed by atoms with Crippen LogP contribution in [0, 0.1) is 36.5 Å². The highest BCUT2D eigenvalue weighted by atomic mass is 32.2. The van der Waals surface area contributed by atoms with Gasteiger partial charge in [-0.2, -0.15) is 5.26 Å². The maximum absolute atomic E-state index is 12.6. The molecule has 1 aliphatic carbocycles. The Labute approximate surface area is 171 Å². The van der Waals surface area contributed by atoms with Crippen molar-refractivity contribution in [3.05, 3.63) is 28.8 Å². The second-order valence-corrected chi connectivity index (χ2v) is 9.46. The molecule has 158 valence electrons. The van der Waals surface area contributed by atoms with Crippen molar-refractivity contribution in [2.75, 3.05) is 18.7 Å². The second-order valence-electron chi connectivity index (χ2n) is 7.32. The highest BCUT2D eigenvalue weighted by Crippen LogP contribution is 2.33. The molecule has 2 N–H and O–H groups in total. The van der Waals surface area contributed by atoms with Crippen LogP contribution in [0.5, 0.6) is 5.75 Å². The first-order valence-corrected chi connectivity index (χ1v) is 11.5. The van der Waals surface area contributed by atoms with Gasteiger partial charge in [0.1, 0.15) is 11.8 Å². The van der Waals surface area contributed by atoms with E-state index < -0.39 is 33.8 Å². The van der Waals surface area contributed by atoms with Crippen LogP contribution in [0.15, 0.2) is 12.1 Å². The number of carbonyl (C=O) groups excluding carboxylic acids is 1. The monoisotopic (exact) mass is 421 g/mol. The van der Waals surface area contributed by atoms with Gasteiger partial charge >= 0.3 is 5.97 Å². The van der Waals surface area contributed by atoms with Gasteiger partial charge in [-0.05, 0) is 56.9 Å². The van der Waals surface area contributed by atoms with E-state index in [-0.39, 0.29) is 18.2 Å². The van der Waals surface area contributed by atoms with Gasteiger partial charge in [0.2, 0.25) is 0 Å². The van der Waals surface area contributed by atoms with Crippen LogP contribution < -0.4 is 10.1 Å². The maximum Gasteiger partial charge on any atom is 0.327 e. The smallest absolute Gasteiger partial charge is 0.327 e. The van der Waals surface area contributed by atoms with Crippen molar-refractivity contribution in [2.45, 2.75) is 45.8 Å². The number of benzene rings is 1. The van der Waals surface area contributed by atoms with Gasteiger partial charge in [-0.25, -0.2) is 8.42 Å². The number of hydrogen-bond donors (Lipinski definition) is 2. The van der Waals surface area contributed by atoms with Crippen molar-refractivity contribution < 1.29 is 22.7 Å². The topological polar surface area (TPSA) is 129 Å². The first-order valence-electron chi connectivity index (χ1n) is 9.41. The summed E-state index contributed by atoms with van der Waals surface area (Å²) in [5.74, 6) is -0.712. The van der Waals surface area contributed by atoms with Crippen LogP contribution >= 0.6 is 0 Å². The van der Waals surface area contributed by atoms with Crippen LogP contribution in [0.3, 0.4) is 0 Å². The number of hydrogen-bond acceptors (Lipinski definition) is 8.